The molecular weight excluding hydrogens is 447 g/mol. The number of alkyl halides is 3. The highest BCUT2D eigenvalue weighted by Crippen LogP contribution is 2.50. The fourth-order valence-corrected chi connectivity index (χ4v) is 4.52. The maximum absolute atomic E-state index is 12.9. The Morgan fingerprint density at radius 1 is 1.20 bits per heavy atom. The maximum atomic E-state index is 12.9. The second-order valence-corrected chi connectivity index (χ2v) is 9.41. The number of aromatic nitrogens is 1. The predicted molar refractivity (Wildman–Crippen MR) is 99.5 cm³/mol. The Labute approximate surface area is 173 Å². The minimum Gasteiger partial charge on any atom is -0.322 e. The SMILES string of the molecule is O=C1NC2(CC2Cc2ccncc2Cl)C(=O)N1c1ccc(S(=O)(=O)C(F)(F)F)cc1. The number of imide groups is 1. The first-order valence-electron chi connectivity index (χ1n) is 8.64. The van der Waals surface area contributed by atoms with Gasteiger partial charge in [0.25, 0.3) is 15.7 Å². The van der Waals surface area contributed by atoms with Crippen molar-refractivity contribution in [3.63, 3.8) is 0 Å². The molecule has 2 aromatic rings. The van der Waals surface area contributed by atoms with Gasteiger partial charge in [-0.15, -0.1) is 0 Å². The Morgan fingerprint density at radius 2 is 1.87 bits per heavy atom. The molecule has 1 aliphatic heterocycles. The number of carbonyl (C=O) groups excluding carboxylic acids is 2. The van der Waals surface area contributed by atoms with E-state index in [0.717, 1.165) is 22.6 Å². The Balaban J connectivity index is 1.55. The van der Waals surface area contributed by atoms with Gasteiger partial charge >= 0.3 is 11.5 Å². The molecule has 2 fully saturated rings. The molecule has 0 bridgehead atoms. The number of hydrogen-bond donors (Lipinski definition) is 1. The van der Waals surface area contributed by atoms with Crippen molar-refractivity contribution in [1.29, 1.82) is 0 Å². The van der Waals surface area contributed by atoms with Gasteiger partial charge in [0.05, 0.1) is 15.6 Å². The number of sulfone groups is 1. The van der Waals surface area contributed by atoms with Crippen molar-refractivity contribution in [2.75, 3.05) is 4.90 Å². The van der Waals surface area contributed by atoms with Crippen LogP contribution in [0.3, 0.4) is 0 Å². The summed E-state index contributed by atoms with van der Waals surface area (Å²) in [5.74, 6) is -0.752. The predicted octanol–water partition coefficient (Wildman–Crippen LogP) is 3.09. The summed E-state index contributed by atoms with van der Waals surface area (Å²) in [6, 6.07) is 4.40. The van der Waals surface area contributed by atoms with Gasteiger partial charge in [-0.05, 0) is 54.7 Å². The molecule has 7 nitrogen and oxygen atoms in total. The molecule has 2 heterocycles. The molecule has 1 aliphatic carbocycles. The molecule has 1 spiro atoms. The molecule has 3 amide bonds. The van der Waals surface area contributed by atoms with Crippen LogP contribution < -0.4 is 10.2 Å². The Kier molecular flexibility index (Phi) is 4.58. The smallest absolute Gasteiger partial charge is 0.322 e. The van der Waals surface area contributed by atoms with Crippen molar-refractivity contribution in [2.24, 2.45) is 5.92 Å². The largest absolute Gasteiger partial charge is 0.501 e. The number of nitrogens with zero attached hydrogens (tertiary/aromatic N) is 2. The number of halogens is 4. The fourth-order valence-electron chi connectivity index (χ4n) is 3.56. The lowest BCUT2D eigenvalue weighted by Gasteiger charge is -2.14. The van der Waals surface area contributed by atoms with E-state index in [0.29, 0.717) is 30.0 Å². The summed E-state index contributed by atoms with van der Waals surface area (Å²) in [6.45, 7) is 0. The molecule has 2 aliphatic rings. The standard InChI is InChI=1S/C18H13ClF3N3O4S/c19-14-9-23-6-5-10(14)7-11-8-17(11)15(26)25(16(27)24-17)12-1-3-13(4-2-12)30(28,29)18(20,21)22/h1-6,9,11H,7-8H2,(H,24,27). The summed E-state index contributed by atoms with van der Waals surface area (Å²) in [6.07, 6.45) is 3.86. The molecule has 1 aromatic carbocycles. The highest BCUT2D eigenvalue weighted by atomic mass is 35.5. The van der Waals surface area contributed by atoms with Crippen LogP contribution >= 0.6 is 11.6 Å². The zero-order valence-electron chi connectivity index (χ0n) is 15.0. The third-order valence-electron chi connectivity index (χ3n) is 5.26. The number of benzene rings is 1. The van der Waals surface area contributed by atoms with Gasteiger partial charge in [-0.3, -0.25) is 9.78 Å². The fraction of sp³-hybridized carbons (Fsp3) is 0.278. The van der Waals surface area contributed by atoms with Gasteiger partial charge in [-0.2, -0.15) is 13.2 Å². The van der Waals surface area contributed by atoms with Crippen molar-refractivity contribution in [2.45, 2.75) is 28.8 Å². The van der Waals surface area contributed by atoms with Crippen LogP contribution in [0.5, 0.6) is 0 Å². The molecule has 2 unspecified atom stereocenters. The number of pyridine rings is 1. The number of anilines is 1. The minimum atomic E-state index is -5.52. The van der Waals surface area contributed by atoms with Crippen LogP contribution in [-0.4, -0.2) is 36.4 Å². The van der Waals surface area contributed by atoms with E-state index in [-0.39, 0.29) is 11.6 Å². The summed E-state index contributed by atoms with van der Waals surface area (Å²) in [7, 11) is -5.52. The lowest BCUT2D eigenvalue weighted by atomic mass is 10.1. The maximum Gasteiger partial charge on any atom is 0.501 e. The second kappa shape index (κ2) is 6.67. The zero-order chi connectivity index (χ0) is 21.9. The molecular formula is C18H13ClF3N3O4S. The first kappa shape index (κ1) is 20.6. The van der Waals surface area contributed by atoms with Crippen LogP contribution in [0.25, 0.3) is 0 Å². The highest BCUT2D eigenvalue weighted by molar-refractivity contribution is 7.92. The highest BCUT2D eigenvalue weighted by Gasteiger charge is 2.67. The average molecular weight is 460 g/mol. The number of amides is 3. The van der Waals surface area contributed by atoms with Gasteiger partial charge in [0.1, 0.15) is 5.54 Å². The van der Waals surface area contributed by atoms with Crippen LogP contribution in [0.2, 0.25) is 5.02 Å². The minimum absolute atomic E-state index is 0.0249. The van der Waals surface area contributed by atoms with E-state index < -0.39 is 37.7 Å². The van der Waals surface area contributed by atoms with Crippen LogP contribution in [-0.2, 0) is 21.1 Å². The molecule has 30 heavy (non-hydrogen) atoms. The number of hydrogen-bond acceptors (Lipinski definition) is 5. The second-order valence-electron chi connectivity index (χ2n) is 7.06. The molecule has 12 heteroatoms. The summed E-state index contributed by atoms with van der Waals surface area (Å²) in [5, 5.41) is 3.08. The normalized spacial score (nSPS) is 23.7. The van der Waals surface area contributed by atoms with Gasteiger partial charge in [-0.1, -0.05) is 11.6 Å². The molecule has 2 atom stereocenters. The topological polar surface area (TPSA) is 96.4 Å². The third kappa shape index (κ3) is 3.12. The molecule has 1 saturated carbocycles. The van der Waals surface area contributed by atoms with Crippen LogP contribution in [0.4, 0.5) is 23.7 Å². The van der Waals surface area contributed by atoms with Crippen molar-refractivity contribution in [3.05, 3.63) is 53.3 Å². The number of rotatable bonds is 4. The Bertz CT molecular complexity index is 1150. The van der Waals surface area contributed by atoms with E-state index in [1.54, 1.807) is 12.3 Å². The van der Waals surface area contributed by atoms with E-state index >= 15 is 0 Å². The van der Waals surface area contributed by atoms with Crippen LogP contribution in [0, 0.1) is 5.92 Å². The van der Waals surface area contributed by atoms with E-state index in [2.05, 4.69) is 10.3 Å². The van der Waals surface area contributed by atoms with E-state index in [9.17, 15) is 31.2 Å². The van der Waals surface area contributed by atoms with E-state index in [1.165, 1.54) is 6.20 Å². The Morgan fingerprint density at radius 3 is 2.47 bits per heavy atom. The van der Waals surface area contributed by atoms with Gasteiger partial charge < -0.3 is 5.32 Å². The molecule has 1 aromatic heterocycles. The third-order valence-corrected chi connectivity index (χ3v) is 7.10. The van der Waals surface area contributed by atoms with Gasteiger partial charge in [0.2, 0.25) is 0 Å². The molecule has 1 N–H and O–H groups in total. The zero-order valence-corrected chi connectivity index (χ0v) is 16.6. The number of urea groups is 1. The molecule has 1 saturated heterocycles. The Hall–Kier alpha value is -2.66. The van der Waals surface area contributed by atoms with Crippen molar-refractivity contribution in [1.82, 2.24) is 10.3 Å². The monoisotopic (exact) mass is 459 g/mol. The number of carbonyl (C=O) groups is 2. The van der Waals surface area contributed by atoms with Crippen LogP contribution in [0.15, 0.2) is 47.6 Å². The van der Waals surface area contributed by atoms with Crippen molar-refractivity contribution >= 4 is 39.1 Å². The van der Waals surface area contributed by atoms with Crippen molar-refractivity contribution < 1.29 is 31.2 Å². The lowest BCUT2D eigenvalue weighted by molar-refractivity contribution is -0.119. The summed E-state index contributed by atoms with van der Waals surface area (Å²) in [5.41, 5.74) is -5.81. The van der Waals surface area contributed by atoms with Gasteiger partial charge in [0, 0.05) is 12.4 Å². The van der Waals surface area contributed by atoms with Crippen molar-refractivity contribution in [3.8, 4) is 0 Å². The molecule has 0 radical (unpaired) electrons. The van der Waals surface area contributed by atoms with E-state index in [4.69, 9.17) is 11.6 Å². The first-order valence-corrected chi connectivity index (χ1v) is 10.5. The quantitative estimate of drug-likeness (QED) is 0.709. The number of nitrogens with one attached hydrogen (secondary N) is 1. The van der Waals surface area contributed by atoms with E-state index in [1.807, 2.05) is 0 Å². The lowest BCUT2D eigenvalue weighted by Crippen LogP contribution is -2.35. The summed E-state index contributed by atoms with van der Waals surface area (Å²) < 4.78 is 61.0. The van der Waals surface area contributed by atoms with Gasteiger partial charge in [-0.25, -0.2) is 18.1 Å². The summed E-state index contributed by atoms with van der Waals surface area (Å²) >= 11 is 6.09. The molecule has 4 rings (SSSR count). The summed E-state index contributed by atoms with van der Waals surface area (Å²) in [4.78, 5) is 29.1. The van der Waals surface area contributed by atoms with Crippen LogP contribution in [0.1, 0.15) is 12.0 Å². The average Bonchev–Trinajstić information content (AvgIpc) is 3.29. The van der Waals surface area contributed by atoms with Gasteiger partial charge in [0.15, 0.2) is 0 Å². The molecule has 158 valence electrons. The first-order chi connectivity index (χ1) is 14.0.